The van der Waals surface area contributed by atoms with Gasteiger partial charge in [-0.15, -0.1) is 11.3 Å². The van der Waals surface area contributed by atoms with Crippen LogP contribution in [-0.4, -0.2) is 32.4 Å². The van der Waals surface area contributed by atoms with Crippen LogP contribution in [0.1, 0.15) is 11.7 Å². The fraction of sp³-hybridized carbons (Fsp3) is 0.200. The molecule has 1 heterocycles. The summed E-state index contributed by atoms with van der Waals surface area (Å²) in [6.07, 6.45) is -3.24. The average Bonchev–Trinajstić information content (AvgIpc) is 2.73. The molecule has 0 saturated heterocycles. The maximum Gasteiger partial charge on any atom is 0.335 e. The van der Waals surface area contributed by atoms with Crippen LogP contribution in [0.3, 0.4) is 0 Å². The van der Waals surface area contributed by atoms with Crippen molar-refractivity contribution < 1.29 is 20.1 Å². The molecular weight excluding hydrogens is 230 g/mol. The number of aromatic nitrogens is 1. The summed E-state index contributed by atoms with van der Waals surface area (Å²) in [7, 11) is 0. The van der Waals surface area contributed by atoms with Crippen LogP contribution in [0.5, 0.6) is 0 Å². The van der Waals surface area contributed by atoms with E-state index in [0.717, 1.165) is 10.2 Å². The quantitative estimate of drug-likeness (QED) is 0.736. The maximum atomic E-state index is 10.5. The van der Waals surface area contributed by atoms with Gasteiger partial charge in [-0.05, 0) is 17.7 Å². The minimum atomic E-state index is -1.81. The summed E-state index contributed by atoms with van der Waals surface area (Å²) in [5, 5.41) is 27.4. The molecule has 2 atom stereocenters. The van der Waals surface area contributed by atoms with Crippen molar-refractivity contribution in [2.24, 2.45) is 0 Å². The fourth-order valence-electron chi connectivity index (χ4n) is 1.37. The first kappa shape index (κ1) is 11.0. The van der Waals surface area contributed by atoms with E-state index in [1.165, 1.54) is 11.3 Å². The number of rotatable bonds is 3. The summed E-state index contributed by atoms with van der Waals surface area (Å²) in [4.78, 5) is 14.6. The molecule has 16 heavy (non-hydrogen) atoms. The Morgan fingerprint density at radius 2 is 2.12 bits per heavy atom. The highest BCUT2D eigenvalue weighted by Gasteiger charge is 2.25. The van der Waals surface area contributed by atoms with Crippen molar-refractivity contribution in [1.29, 1.82) is 0 Å². The molecule has 0 aliphatic carbocycles. The van der Waals surface area contributed by atoms with Gasteiger partial charge < -0.3 is 15.3 Å². The lowest BCUT2D eigenvalue weighted by Gasteiger charge is -2.13. The van der Waals surface area contributed by atoms with Gasteiger partial charge in [-0.1, -0.05) is 6.07 Å². The van der Waals surface area contributed by atoms with Gasteiger partial charge in [-0.25, -0.2) is 9.78 Å². The molecule has 0 radical (unpaired) electrons. The first-order chi connectivity index (χ1) is 7.59. The van der Waals surface area contributed by atoms with E-state index >= 15 is 0 Å². The SMILES string of the molecule is O=C(O)C(O)C(O)c1ccc2ncsc2c1. The summed E-state index contributed by atoms with van der Waals surface area (Å²) in [5.41, 5.74) is 2.81. The Morgan fingerprint density at radius 1 is 1.38 bits per heavy atom. The van der Waals surface area contributed by atoms with Gasteiger partial charge in [-0.3, -0.25) is 0 Å². The molecule has 0 amide bonds. The molecule has 0 saturated carbocycles. The molecule has 6 heteroatoms. The van der Waals surface area contributed by atoms with E-state index < -0.39 is 18.2 Å². The Hall–Kier alpha value is -1.50. The van der Waals surface area contributed by atoms with Gasteiger partial charge >= 0.3 is 5.97 Å². The topological polar surface area (TPSA) is 90.7 Å². The van der Waals surface area contributed by atoms with Crippen LogP contribution >= 0.6 is 11.3 Å². The molecule has 84 valence electrons. The third-order valence-electron chi connectivity index (χ3n) is 2.25. The Kier molecular flexibility index (Phi) is 2.86. The number of aliphatic carboxylic acids is 1. The van der Waals surface area contributed by atoms with Crippen molar-refractivity contribution in [3.63, 3.8) is 0 Å². The van der Waals surface area contributed by atoms with Gasteiger partial charge in [0.05, 0.1) is 15.7 Å². The minimum Gasteiger partial charge on any atom is -0.479 e. The zero-order valence-electron chi connectivity index (χ0n) is 8.07. The predicted octanol–water partition coefficient (Wildman–Crippen LogP) is 0.775. The van der Waals surface area contributed by atoms with Gasteiger partial charge in [0, 0.05) is 0 Å². The van der Waals surface area contributed by atoms with Crippen LogP contribution in [0.15, 0.2) is 23.7 Å². The molecule has 0 bridgehead atoms. The lowest BCUT2D eigenvalue weighted by Crippen LogP contribution is -2.27. The molecule has 5 nitrogen and oxygen atoms in total. The van der Waals surface area contributed by atoms with Crippen molar-refractivity contribution >= 4 is 27.5 Å². The molecule has 0 aliphatic heterocycles. The van der Waals surface area contributed by atoms with Crippen molar-refractivity contribution in [3.05, 3.63) is 29.3 Å². The van der Waals surface area contributed by atoms with Crippen LogP contribution in [0.2, 0.25) is 0 Å². The normalized spacial score (nSPS) is 14.9. The zero-order valence-corrected chi connectivity index (χ0v) is 8.89. The molecule has 0 fully saturated rings. The molecular formula is C10H9NO4S. The van der Waals surface area contributed by atoms with Crippen molar-refractivity contribution in [2.45, 2.75) is 12.2 Å². The first-order valence-electron chi connectivity index (χ1n) is 4.51. The fourth-order valence-corrected chi connectivity index (χ4v) is 2.10. The van der Waals surface area contributed by atoms with Crippen molar-refractivity contribution in [3.8, 4) is 0 Å². The van der Waals surface area contributed by atoms with E-state index in [4.69, 9.17) is 5.11 Å². The highest BCUT2D eigenvalue weighted by atomic mass is 32.1. The van der Waals surface area contributed by atoms with Gasteiger partial charge in [0.2, 0.25) is 0 Å². The third-order valence-corrected chi connectivity index (χ3v) is 3.04. The van der Waals surface area contributed by atoms with Gasteiger partial charge in [0.25, 0.3) is 0 Å². The number of nitrogens with zero attached hydrogens (tertiary/aromatic N) is 1. The summed E-state index contributed by atoms with van der Waals surface area (Å²) >= 11 is 1.39. The van der Waals surface area contributed by atoms with E-state index in [0.29, 0.717) is 5.56 Å². The van der Waals surface area contributed by atoms with Crippen LogP contribution in [0.25, 0.3) is 10.2 Å². The number of fused-ring (bicyclic) bond motifs is 1. The minimum absolute atomic E-state index is 0.367. The Labute approximate surface area is 94.6 Å². The maximum absolute atomic E-state index is 10.5. The highest BCUT2D eigenvalue weighted by Crippen LogP contribution is 2.24. The molecule has 3 N–H and O–H groups in total. The monoisotopic (exact) mass is 239 g/mol. The molecule has 1 aromatic heterocycles. The van der Waals surface area contributed by atoms with Gasteiger partial charge in [-0.2, -0.15) is 0 Å². The number of benzene rings is 1. The van der Waals surface area contributed by atoms with Gasteiger partial charge in [0.15, 0.2) is 6.10 Å². The number of hydrogen-bond acceptors (Lipinski definition) is 5. The lowest BCUT2D eigenvalue weighted by molar-refractivity contribution is -0.153. The van der Waals surface area contributed by atoms with Crippen LogP contribution in [0.4, 0.5) is 0 Å². The molecule has 2 aromatic rings. The van der Waals surface area contributed by atoms with Crippen LogP contribution in [-0.2, 0) is 4.79 Å². The molecule has 2 rings (SSSR count). The molecule has 0 spiro atoms. The van der Waals surface area contributed by atoms with Gasteiger partial charge in [0.1, 0.15) is 6.10 Å². The third kappa shape index (κ3) is 1.90. The standard InChI is InChI=1S/C10H9NO4S/c12-8(9(13)10(14)15)5-1-2-6-7(3-5)16-4-11-6/h1-4,8-9,12-13H,(H,14,15). The zero-order chi connectivity index (χ0) is 11.7. The molecule has 1 aromatic carbocycles. The van der Waals surface area contributed by atoms with E-state index in [9.17, 15) is 15.0 Å². The van der Waals surface area contributed by atoms with E-state index in [2.05, 4.69) is 4.98 Å². The largest absolute Gasteiger partial charge is 0.479 e. The average molecular weight is 239 g/mol. The van der Waals surface area contributed by atoms with Crippen molar-refractivity contribution in [1.82, 2.24) is 4.98 Å². The number of hydrogen-bond donors (Lipinski definition) is 3. The summed E-state index contributed by atoms with van der Waals surface area (Å²) < 4.78 is 0.842. The Morgan fingerprint density at radius 3 is 2.81 bits per heavy atom. The van der Waals surface area contributed by atoms with E-state index in [1.807, 2.05) is 0 Å². The number of carboxylic acids is 1. The van der Waals surface area contributed by atoms with E-state index in [1.54, 1.807) is 23.7 Å². The lowest BCUT2D eigenvalue weighted by atomic mass is 10.0. The number of aliphatic hydroxyl groups excluding tert-OH is 2. The number of carbonyl (C=O) groups is 1. The predicted molar refractivity (Wildman–Crippen MR) is 58.2 cm³/mol. The van der Waals surface area contributed by atoms with E-state index in [-0.39, 0.29) is 0 Å². The highest BCUT2D eigenvalue weighted by molar-refractivity contribution is 7.16. The first-order valence-corrected chi connectivity index (χ1v) is 5.39. The Bertz CT molecular complexity index is 524. The van der Waals surface area contributed by atoms with Crippen molar-refractivity contribution in [2.75, 3.05) is 0 Å². The summed E-state index contributed by atoms with van der Waals surface area (Å²) in [5.74, 6) is -1.45. The summed E-state index contributed by atoms with van der Waals surface area (Å²) in [6, 6.07) is 4.86. The number of carboxylic acid groups (broad SMARTS) is 1. The smallest absolute Gasteiger partial charge is 0.335 e. The van der Waals surface area contributed by atoms with Crippen LogP contribution < -0.4 is 0 Å². The summed E-state index contributed by atoms with van der Waals surface area (Å²) in [6.45, 7) is 0. The number of aliphatic hydroxyl groups is 2. The number of thiazole rings is 1. The second kappa shape index (κ2) is 4.17. The van der Waals surface area contributed by atoms with Crippen LogP contribution in [0, 0.1) is 0 Å². The Balaban J connectivity index is 2.35. The second-order valence-electron chi connectivity index (χ2n) is 3.31. The molecule has 0 aliphatic rings. The molecule has 2 unspecified atom stereocenters. The second-order valence-corrected chi connectivity index (χ2v) is 4.19.